The summed E-state index contributed by atoms with van der Waals surface area (Å²) in [5.74, 6) is 0. The number of hydrogen-bond donors (Lipinski definition) is 1. The maximum atomic E-state index is 3.75. The fourth-order valence-corrected chi connectivity index (χ4v) is 3.22. The zero-order valence-electron chi connectivity index (χ0n) is 12.9. The van der Waals surface area contributed by atoms with Gasteiger partial charge in [0.2, 0.25) is 0 Å². The monoisotopic (exact) mass is 260 g/mol. The van der Waals surface area contributed by atoms with Gasteiger partial charge in [-0.05, 0) is 46.3 Å². The van der Waals surface area contributed by atoms with Crippen molar-refractivity contribution in [1.29, 1.82) is 0 Å². The summed E-state index contributed by atoms with van der Waals surface area (Å²) in [5, 5.41) is 3.75. The van der Waals surface area contributed by atoms with Gasteiger partial charge in [-0.2, -0.15) is 0 Å². The first-order valence-electron chi connectivity index (χ1n) is 7.51. The summed E-state index contributed by atoms with van der Waals surface area (Å²) in [6.45, 7) is 5.52. The van der Waals surface area contributed by atoms with E-state index in [1.54, 1.807) is 0 Å². The second-order valence-corrected chi connectivity index (χ2v) is 6.34. The van der Waals surface area contributed by atoms with Crippen molar-refractivity contribution in [3.05, 3.63) is 35.4 Å². The quantitative estimate of drug-likeness (QED) is 0.871. The molecular weight excluding hydrogens is 232 g/mol. The molecule has 0 spiro atoms. The van der Waals surface area contributed by atoms with Crippen LogP contribution in [-0.2, 0) is 0 Å². The average Bonchev–Trinajstić information content (AvgIpc) is 2.86. The summed E-state index contributed by atoms with van der Waals surface area (Å²) >= 11 is 0. The number of hydrogen-bond acceptors (Lipinski definition) is 2. The molecular formula is C17H28N2. The zero-order chi connectivity index (χ0) is 13.9. The molecule has 1 saturated carbocycles. The van der Waals surface area contributed by atoms with Crippen LogP contribution in [0, 0.1) is 6.92 Å². The number of benzene rings is 1. The Hall–Kier alpha value is -0.860. The van der Waals surface area contributed by atoms with Gasteiger partial charge in [0.05, 0.1) is 0 Å². The highest BCUT2D eigenvalue weighted by atomic mass is 15.2. The first kappa shape index (κ1) is 14.5. The number of rotatable bonds is 5. The van der Waals surface area contributed by atoms with Crippen LogP contribution >= 0.6 is 0 Å². The fraction of sp³-hybridized carbons (Fsp3) is 0.647. The van der Waals surface area contributed by atoms with Gasteiger partial charge in [-0.3, -0.25) is 0 Å². The molecule has 2 heteroatoms. The molecule has 0 bridgehead atoms. The Morgan fingerprint density at radius 1 is 1.26 bits per heavy atom. The first-order valence-corrected chi connectivity index (χ1v) is 7.51. The summed E-state index contributed by atoms with van der Waals surface area (Å²) in [7, 11) is 4.45. The van der Waals surface area contributed by atoms with Crippen LogP contribution in [-0.4, -0.2) is 31.1 Å². The Kier molecular flexibility index (Phi) is 4.64. The van der Waals surface area contributed by atoms with E-state index in [1.807, 2.05) is 0 Å². The van der Waals surface area contributed by atoms with Crippen LogP contribution in [0.4, 0.5) is 0 Å². The number of likely N-dealkylation sites (N-methyl/N-ethyl adjacent to an activating group) is 1. The van der Waals surface area contributed by atoms with Crippen LogP contribution in [0.2, 0.25) is 0 Å². The lowest BCUT2D eigenvalue weighted by molar-refractivity contribution is 0.150. The van der Waals surface area contributed by atoms with Gasteiger partial charge in [0.25, 0.3) is 0 Å². The van der Waals surface area contributed by atoms with Crippen molar-refractivity contribution in [2.45, 2.75) is 51.1 Å². The molecule has 1 aromatic carbocycles. The van der Waals surface area contributed by atoms with Crippen LogP contribution in [0.3, 0.4) is 0 Å². The van der Waals surface area contributed by atoms with E-state index < -0.39 is 0 Å². The van der Waals surface area contributed by atoms with Gasteiger partial charge in [-0.1, -0.05) is 42.7 Å². The van der Waals surface area contributed by atoms with Crippen LogP contribution in [0.1, 0.15) is 49.8 Å². The molecule has 0 aromatic heterocycles. The second-order valence-electron chi connectivity index (χ2n) is 6.34. The normalized spacial score (nSPS) is 19.8. The molecule has 1 unspecified atom stereocenters. The van der Waals surface area contributed by atoms with Crippen molar-refractivity contribution in [2.24, 2.45) is 0 Å². The Morgan fingerprint density at radius 2 is 1.95 bits per heavy atom. The topological polar surface area (TPSA) is 15.3 Å². The van der Waals surface area contributed by atoms with Crippen LogP contribution in [0.5, 0.6) is 0 Å². The highest BCUT2D eigenvalue weighted by Gasteiger charge is 2.35. The van der Waals surface area contributed by atoms with E-state index in [4.69, 9.17) is 0 Å². The molecule has 1 aromatic rings. The molecule has 106 valence electrons. The van der Waals surface area contributed by atoms with Gasteiger partial charge < -0.3 is 10.2 Å². The summed E-state index contributed by atoms with van der Waals surface area (Å²) in [6, 6.07) is 9.25. The van der Waals surface area contributed by atoms with E-state index in [9.17, 15) is 0 Å². The standard InChI is InChI=1S/C17H28N2/c1-14-8-7-9-16(12-14)15(2)18-13-17(19(3)4)10-5-6-11-17/h7-9,12,15,18H,5-6,10-11,13H2,1-4H3. The van der Waals surface area contributed by atoms with Crippen LogP contribution in [0.15, 0.2) is 24.3 Å². The number of aryl methyl sites for hydroxylation is 1. The van der Waals surface area contributed by atoms with E-state index in [-0.39, 0.29) is 0 Å². The number of nitrogens with zero attached hydrogens (tertiary/aromatic N) is 1. The molecule has 0 radical (unpaired) electrons. The molecule has 0 aliphatic heterocycles. The molecule has 1 aliphatic rings. The lowest BCUT2D eigenvalue weighted by Crippen LogP contribution is -2.50. The van der Waals surface area contributed by atoms with E-state index >= 15 is 0 Å². The van der Waals surface area contributed by atoms with E-state index in [0.29, 0.717) is 11.6 Å². The molecule has 1 N–H and O–H groups in total. The van der Waals surface area contributed by atoms with E-state index in [0.717, 1.165) is 6.54 Å². The number of nitrogens with one attached hydrogen (secondary N) is 1. The molecule has 0 amide bonds. The predicted octanol–water partition coefficient (Wildman–Crippen LogP) is 3.52. The van der Waals surface area contributed by atoms with E-state index in [2.05, 4.69) is 62.4 Å². The SMILES string of the molecule is Cc1cccc(C(C)NCC2(N(C)C)CCCC2)c1. The minimum absolute atomic E-state index is 0.373. The third-order valence-corrected chi connectivity index (χ3v) is 4.76. The second kappa shape index (κ2) is 6.06. The molecule has 0 heterocycles. The third kappa shape index (κ3) is 3.37. The van der Waals surface area contributed by atoms with Crippen molar-refractivity contribution < 1.29 is 0 Å². The Balaban J connectivity index is 1.97. The van der Waals surface area contributed by atoms with Crippen molar-refractivity contribution in [2.75, 3.05) is 20.6 Å². The average molecular weight is 260 g/mol. The smallest absolute Gasteiger partial charge is 0.0328 e. The maximum absolute atomic E-state index is 3.75. The molecule has 1 aliphatic carbocycles. The largest absolute Gasteiger partial charge is 0.308 e. The minimum Gasteiger partial charge on any atom is -0.308 e. The maximum Gasteiger partial charge on any atom is 0.0328 e. The summed E-state index contributed by atoms with van der Waals surface area (Å²) in [5.41, 5.74) is 3.11. The third-order valence-electron chi connectivity index (χ3n) is 4.76. The van der Waals surface area contributed by atoms with Gasteiger partial charge >= 0.3 is 0 Å². The minimum atomic E-state index is 0.373. The summed E-state index contributed by atoms with van der Waals surface area (Å²) < 4.78 is 0. The van der Waals surface area contributed by atoms with Gasteiger partial charge in [0.15, 0.2) is 0 Å². The Labute approximate surface area is 118 Å². The first-order chi connectivity index (χ1) is 9.03. The molecule has 0 saturated heterocycles. The fourth-order valence-electron chi connectivity index (χ4n) is 3.22. The summed E-state index contributed by atoms with van der Waals surface area (Å²) in [4.78, 5) is 2.43. The predicted molar refractivity (Wildman–Crippen MR) is 82.5 cm³/mol. The van der Waals surface area contributed by atoms with Crippen molar-refractivity contribution in [1.82, 2.24) is 10.2 Å². The molecule has 19 heavy (non-hydrogen) atoms. The lowest BCUT2D eigenvalue weighted by atomic mass is 9.95. The lowest BCUT2D eigenvalue weighted by Gasteiger charge is -2.37. The Bertz CT molecular complexity index is 405. The molecule has 1 fully saturated rings. The van der Waals surface area contributed by atoms with Gasteiger partial charge in [0.1, 0.15) is 0 Å². The Morgan fingerprint density at radius 3 is 2.53 bits per heavy atom. The van der Waals surface area contributed by atoms with Crippen LogP contribution < -0.4 is 5.32 Å². The molecule has 2 rings (SSSR count). The highest BCUT2D eigenvalue weighted by molar-refractivity contribution is 5.24. The van der Waals surface area contributed by atoms with Gasteiger partial charge in [-0.25, -0.2) is 0 Å². The summed E-state index contributed by atoms with van der Waals surface area (Å²) in [6.07, 6.45) is 5.40. The van der Waals surface area contributed by atoms with Gasteiger partial charge in [-0.15, -0.1) is 0 Å². The van der Waals surface area contributed by atoms with Gasteiger partial charge in [0, 0.05) is 18.1 Å². The molecule has 1 atom stereocenters. The van der Waals surface area contributed by atoms with Crippen LogP contribution in [0.25, 0.3) is 0 Å². The van der Waals surface area contributed by atoms with Crippen molar-refractivity contribution >= 4 is 0 Å². The zero-order valence-corrected chi connectivity index (χ0v) is 12.9. The molecule has 2 nitrogen and oxygen atoms in total. The van der Waals surface area contributed by atoms with Crippen molar-refractivity contribution in [3.8, 4) is 0 Å². The van der Waals surface area contributed by atoms with E-state index in [1.165, 1.54) is 36.8 Å². The highest BCUT2D eigenvalue weighted by Crippen LogP contribution is 2.33. The van der Waals surface area contributed by atoms with Crippen molar-refractivity contribution in [3.63, 3.8) is 0 Å².